The molecular formula is C20H28N2O4. The van der Waals surface area contributed by atoms with Gasteiger partial charge in [0.2, 0.25) is 0 Å². The molecule has 1 saturated heterocycles. The molecule has 0 spiro atoms. The maximum Gasteiger partial charge on any atom is 0.329 e. The molecule has 1 unspecified atom stereocenters. The molecule has 1 atom stereocenters. The number of urea groups is 1. The lowest BCUT2D eigenvalue weighted by atomic mass is 9.99. The van der Waals surface area contributed by atoms with E-state index in [1.165, 1.54) is 12.0 Å². The minimum Gasteiger partial charge on any atom is -0.496 e. The van der Waals surface area contributed by atoms with Crippen LogP contribution in [0.1, 0.15) is 45.1 Å². The van der Waals surface area contributed by atoms with Crippen molar-refractivity contribution < 1.29 is 19.1 Å². The predicted molar refractivity (Wildman–Crippen MR) is 100 cm³/mol. The van der Waals surface area contributed by atoms with Crippen LogP contribution in [0.15, 0.2) is 30.0 Å². The monoisotopic (exact) mass is 360 g/mol. The van der Waals surface area contributed by atoms with Crippen molar-refractivity contribution in [2.45, 2.75) is 39.5 Å². The van der Waals surface area contributed by atoms with Crippen molar-refractivity contribution in [3.63, 3.8) is 0 Å². The molecule has 1 fully saturated rings. The maximum atomic E-state index is 12.9. The topological polar surface area (TPSA) is 67.9 Å². The minimum atomic E-state index is -0.399. The average molecular weight is 360 g/mol. The zero-order chi connectivity index (χ0) is 19.1. The number of para-hydroxylation sites is 1. The number of nitrogens with one attached hydrogen (secondary N) is 1. The number of amides is 3. The van der Waals surface area contributed by atoms with Gasteiger partial charge >= 0.3 is 6.03 Å². The van der Waals surface area contributed by atoms with Crippen molar-refractivity contribution in [2.24, 2.45) is 5.92 Å². The lowest BCUT2D eigenvalue weighted by molar-refractivity contribution is -0.123. The van der Waals surface area contributed by atoms with Gasteiger partial charge in [-0.15, -0.1) is 0 Å². The molecule has 3 amide bonds. The minimum absolute atomic E-state index is 0.160. The molecule has 1 N–H and O–H groups in total. The van der Waals surface area contributed by atoms with Crippen LogP contribution in [-0.2, 0) is 9.53 Å². The highest BCUT2D eigenvalue weighted by Gasteiger charge is 2.38. The molecule has 1 aliphatic rings. The molecule has 142 valence electrons. The Morgan fingerprint density at radius 2 is 1.92 bits per heavy atom. The summed E-state index contributed by atoms with van der Waals surface area (Å²) >= 11 is 0. The van der Waals surface area contributed by atoms with Gasteiger partial charge in [0, 0.05) is 6.54 Å². The van der Waals surface area contributed by atoms with E-state index in [4.69, 9.17) is 9.47 Å². The maximum absolute atomic E-state index is 12.9. The second-order valence-electron chi connectivity index (χ2n) is 6.37. The highest BCUT2D eigenvalue weighted by Crippen LogP contribution is 2.30. The van der Waals surface area contributed by atoms with Crippen LogP contribution in [0.4, 0.5) is 4.79 Å². The van der Waals surface area contributed by atoms with Gasteiger partial charge in [-0.25, -0.2) is 4.79 Å². The van der Waals surface area contributed by atoms with Crippen molar-refractivity contribution in [1.82, 2.24) is 10.2 Å². The number of hydrogen-bond acceptors (Lipinski definition) is 4. The molecule has 0 aromatic heterocycles. The van der Waals surface area contributed by atoms with Gasteiger partial charge in [-0.05, 0) is 24.5 Å². The average Bonchev–Trinajstić information content (AvgIpc) is 2.94. The molecule has 6 nitrogen and oxygen atoms in total. The van der Waals surface area contributed by atoms with Gasteiger partial charge in [0.15, 0.2) is 11.5 Å². The third kappa shape index (κ3) is 4.18. The van der Waals surface area contributed by atoms with E-state index < -0.39 is 6.03 Å². The first-order chi connectivity index (χ1) is 12.6. The van der Waals surface area contributed by atoms with Gasteiger partial charge in [0.1, 0.15) is 5.75 Å². The molecule has 0 aliphatic carbocycles. The highest BCUT2D eigenvalue weighted by atomic mass is 16.5. The number of carbonyl (C=O) groups excluding carboxylic acids is 2. The second-order valence-corrected chi connectivity index (χ2v) is 6.37. The van der Waals surface area contributed by atoms with E-state index >= 15 is 0 Å². The van der Waals surface area contributed by atoms with Gasteiger partial charge < -0.3 is 9.47 Å². The van der Waals surface area contributed by atoms with Crippen LogP contribution < -0.4 is 10.1 Å². The predicted octanol–water partition coefficient (Wildman–Crippen LogP) is 3.78. The first-order valence-electron chi connectivity index (χ1n) is 9.11. The van der Waals surface area contributed by atoms with Crippen molar-refractivity contribution in [3.8, 4) is 5.75 Å². The Bertz CT molecular complexity index is 684. The zero-order valence-corrected chi connectivity index (χ0v) is 16.0. The van der Waals surface area contributed by atoms with Crippen LogP contribution in [0.25, 0.3) is 5.76 Å². The molecule has 0 bridgehead atoms. The third-order valence-corrected chi connectivity index (χ3v) is 4.70. The largest absolute Gasteiger partial charge is 0.496 e. The summed E-state index contributed by atoms with van der Waals surface area (Å²) in [5, 5.41) is 2.68. The summed E-state index contributed by atoms with van der Waals surface area (Å²) in [7, 11) is 3.03. The van der Waals surface area contributed by atoms with E-state index in [0.717, 1.165) is 25.7 Å². The number of imide groups is 1. The smallest absolute Gasteiger partial charge is 0.329 e. The summed E-state index contributed by atoms with van der Waals surface area (Å²) in [4.78, 5) is 26.6. The second kappa shape index (κ2) is 9.27. The molecule has 1 heterocycles. The quantitative estimate of drug-likeness (QED) is 0.413. The standard InChI is InChI=1S/C20H28N2O4/c1-5-7-10-14(6-2)13-22-19(23)17(21-20(22)24)18(26-4)15-11-8-9-12-16(15)25-3/h8-9,11-12,14H,5-7,10,13H2,1-4H3,(H,21,24)/b18-17-. The fraction of sp³-hybridized carbons (Fsp3) is 0.500. The molecule has 1 aliphatic heterocycles. The molecule has 1 aromatic rings. The summed E-state index contributed by atoms with van der Waals surface area (Å²) < 4.78 is 10.8. The lowest BCUT2D eigenvalue weighted by Gasteiger charge is -2.20. The van der Waals surface area contributed by atoms with E-state index in [9.17, 15) is 9.59 Å². The fourth-order valence-corrected chi connectivity index (χ4v) is 3.13. The number of unbranched alkanes of at least 4 members (excludes halogenated alkanes) is 1. The van der Waals surface area contributed by atoms with Crippen LogP contribution >= 0.6 is 0 Å². The Balaban J connectivity index is 2.31. The Morgan fingerprint density at radius 1 is 1.19 bits per heavy atom. The van der Waals surface area contributed by atoms with E-state index in [2.05, 4.69) is 19.2 Å². The summed E-state index contributed by atoms with van der Waals surface area (Å²) in [6.45, 7) is 4.65. The molecular weight excluding hydrogens is 332 g/mol. The zero-order valence-electron chi connectivity index (χ0n) is 16.0. The van der Waals surface area contributed by atoms with Crippen LogP contribution in [0.2, 0.25) is 0 Å². The first kappa shape index (κ1) is 19.8. The normalized spacial score (nSPS) is 17.2. The summed E-state index contributed by atoms with van der Waals surface area (Å²) in [5.41, 5.74) is 0.786. The summed E-state index contributed by atoms with van der Waals surface area (Å²) in [5.74, 6) is 0.839. The van der Waals surface area contributed by atoms with Gasteiger partial charge in [0.25, 0.3) is 5.91 Å². The van der Waals surface area contributed by atoms with Crippen LogP contribution in [-0.4, -0.2) is 37.6 Å². The van der Waals surface area contributed by atoms with Crippen molar-refractivity contribution in [3.05, 3.63) is 35.5 Å². The highest BCUT2D eigenvalue weighted by molar-refractivity contribution is 6.15. The first-order valence-corrected chi connectivity index (χ1v) is 9.11. The van der Waals surface area contributed by atoms with E-state index in [1.54, 1.807) is 19.2 Å². The Morgan fingerprint density at radius 3 is 2.54 bits per heavy atom. The Hall–Kier alpha value is -2.50. The van der Waals surface area contributed by atoms with Crippen LogP contribution in [0, 0.1) is 5.92 Å². The summed E-state index contributed by atoms with van der Waals surface area (Å²) in [6.07, 6.45) is 4.13. The van der Waals surface area contributed by atoms with Gasteiger partial charge in [0.05, 0.1) is 19.8 Å². The molecule has 0 saturated carbocycles. The van der Waals surface area contributed by atoms with E-state index in [1.807, 2.05) is 12.1 Å². The Kier molecular flexibility index (Phi) is 7.06. The number of benzene rings is 1. The third-order valence-electron chi connectivity index (χ3n) is 4.70. The van der Waals surface area contributed by atoms with Crippen molar-refractivity contribution in [2.75, 3.05) is 20.8 Å². The van der Waals surface area contributed by atoms with Crippen molar-refractivity contribution >= 4 is 17.7 Å². The number of ether oxygens (including phenoxy) is 2. The van der Waals surface area contributed by atoms with Gasteiger partial charge in [-0.3, -0.25) is 15.0 Å². The Labute approximate surface area is 155 Å². The van der Waals surface area contributed by atoms with Gasteiger partial charge in [-0.1, -0.05) is 45.2 Å². The fourth-order valence-electron chi connectivity index (χ4n) is 3.13. The van der Waals surface area contributed by atoms with Crippen LogP contribution in [0.5, 0.6) is 5.75 Å². The van der Waals surface area contributed by atoms with Gasteiger partial charge in [-0.2, -0.15) is 0 Å². The molecule has 6 heteroatoms. The number of nitrogens with zero attached hydrogens (tertiary/aromatic N) is 1. The number of carbonyl (C=O) groups is 2. The van der Waals surface area contributed by atoms with E-state index in [0.29, 0.717) is 29.5 Å². The van der Waals surface area contributed by atoms with Crippen LogP contribution in [0.3, 0.4) is 0 Å². The molecule has 0 radical (unpaired) electrons. The number of methoxy groups -OCH3 is 2. The SMILES string of the molecule is CCCCC(CC)CN1C(=O)N/C(=C(\OC)c2ccccc2OC)C1=O. The van der Waals surface area contributed by atoms with Crippen molar-refractivity contribution in [1.29, 1.82) is 0 Å². The number of rotatable bonds is 9. The molecule has 1 aromatic carbocycles. The van der Waals surface area contributed by atoms with E-state index in [-0.39, 0.29) is 11.6 Å². The molecule has 26 heavy (non-hydrogen) atoms. The summed E-state index contributed by atoms with van der Waals surface area (Å²) in [6, 6.07) is 6.84. The molecule has 2 rings (SSSR count). The lowest BCUT2D eigenvalue weighted by Crippen LogP contribution is -2.35. The number of hydrogen-bond donors (Lipinski definition) is 1.